The number of anilines is 1. The summed E-state index contributed by atoms with van der Waals surface area (Å²) < 4.78 is 37.1. The molecule has 0 aliphatic heterocycles. The van der Waals surface area contributed by atoms with Gasteiger partial charge in [-0.15, -0.1) is 0 Å². The first-order valence-electron chi connectivity index (χ1n) is 8.77. The Bertz CT molecular complexity index is 1090. The Balaban J connectivity index is 1.87. The Hall–Kier alpha value is -3.42. The van der Waals surface area contributed by atoms with Gasteiger partial charge in [0.15, 0.2) is 0 Å². The van der Waals surface area contributed by atoms with Crippen LogP contribution in [0.15, 0.2) is 48.5 Å². The molecular formula is C21H18F3N3O2. The van der Waals surface area contributed by atoms with Crippen LogP contribution < -0.4 is 10.6 Å². The van der Waals surface area contributed by atoms with Crippen molar-refractivity contribution in [1.82, 2.24) is 10.3 Å². The van der Waals surface area contributed by atoms with Gasteiger partial charge in [0.2, 0.25) is 0 Å². The molecule has 5 nitrogen and oxygen atoms in total. The Kier molecular flexibility index (Phi) is 5.54. The molecule has 0 spiro atoms. The lowest BCUT2D eigenvalue weighted by atomic mass is 10.1. The molecule has 0 atom stereocenters. The summed E-state index contributed by atoms with van der Waals surface area (Å²) in [5.41, 5.74) is 2.62. The van der Waals surface area contributed by atoms with Crippen LogP contribution in [-0.2, 0) is 0 Å². The summed E-state index contributed by atoms with van der Waals surface area (Å²) in [6.45, 7) is 2.16. The van der Waals surface area contributed by atoms with Gasteiger partial charge in [-0.25, -0.2) is 0 Å². The van der Waals surface area contributed by atoms with Gasteiger partial charge in [-0.3, -0.25) is 14.6 Å². The molecule has 0 bridgehead atoms. The van der Waals surface area contributed by atoms with E-state index in [0.29, 0.717) is 11.3 Å². The third kappa shape index (κ3) is 4.90. The molecule has 1 aromatic heterocycles. The summed E-state index contributed by atoms with van der Waals surface area (Å²) in [6.07, 6.45) is -4.53. The number of hydrogen-bond donors (Lipinski definition) is 2. The van der Waals surface area contributed by atoms with E-state index in [9.17, 15) is 22.8 Å². The van der Waals surface area contributed by atoms with Crippen LogP contribution in [0.2, 0.25) is 0 Å². The zero-order valence-corrected chi connectivity index (χ0v) is 15.7. The van der Waals surface area contributed by atoms with Gasteiger partial charge in [0.05, 0.1) is 28.0 Å². The summed E-state index contributed by atoms with van der Waals surface area (Å²) in [5, 5.41) is 5.20. The average Bonchev–Trinajstić information content (AvgIpc) is 2.65. The summed E-state index contributed by atoms with van der Waals surface area (Å²) >= 11 is 0. The first kappa shape index (κ1) is 20.3. The maximum Gasteiger partial charge on any atom is 0.405 e. The van der Waals surface area contributed by atoms with Crippen LogP contribution in [0.3, 0.4) is 0 Å². The second-order valence-electron chi connectivity index (χ2n) is 6.62. The predicted molar refractivity (Wildman–Crippen MR) is 104 cm³/mol. The highest BCUT2D eigenvalue weighted by molar-refractivity contribution is 6.10. The molecule has 1 heterocycles. The summed E-state index contributed by atoms with van der Waals surface area (Å²) in [4.78, 5) is 29.4. The van der Waals surface area contributed by atoms with Gasteiger partial charge in [0.1, 0.15) is 6.54 Å². The third-order valence-electron chi connectivity index (χ3n) is 4.27. The lowest BCUT2D eigenvalue weighted by Crippen LogP contribution is -2.34. The number of pyridine rings is 1. The van der Waals surface area contributed by atoms with Crippen molar-refractivity contribution in [2.45, 2.75) is 20.0 Å². The van der Waals surface area contributed by atoms with E-state index < -0.39 is 24.5 Å². The van der Waals surface area contributed by atoms with Crippen molar-refractivity contribution in [2.75, 3.05) is 11.9 Å². The fourth-order valence-corrected chi connectivity index (χ4v) is 2.88. The zero-order chi connectivity index (χ0) is 21.2. The smallest absolute Gasteiger partial charge is 0.343 e. The fourth-order valence-electron chi connectivity index (χ4n) is 2.88. The number of aromatic nitrogens is 1. The molecule has 8 heteroatoms. The van der Waals surface area contributed by atoms with Crippen molar-refractivity contribution in [3.63, 3.8) is 0 Å². The number of aryl methyl sites for hydroxylation is 2. The number of rotatable bonds is 4. The number of carbonyl (C=O) groups excluding carboxylic acids is 2. The van der Waals surface area contributed by atoms with Crippen molar-refractivity contribution in [1.29, 1.82) is 0 Å². The Morgan fingerprint density at radius 1 is 0.966 bits per heavy atom. The molecule has 0 fully saturated rings. The largest absolute Gasteiger partial charge is 0.405 e. The minimum absolute atomic E-state index is 0.0626. The van der Waals surface area contributed by atoms with Gasteiger partial charge in [-0.1, -0.05) is 23.8 Å². The minimum atomic E-state index is -4.53. The molecule has 0 aliphatic rings. The quantitative estimate of drug-likeness (QED) is 0.681. The molecule has 3 rings (SSSR count). The molecule has 0 saturated carbocycles. The van der Waals surface area contributed by atoms with Crippen LogP contribution in [0.4, 0.5) is 18.9 Å². The van der Waals surface area contributed by atoms with E-state index >= 15 is 0 Å². The Morgan fingerprint density at radius 2 is 1.69 bits per heavy atom. The number of amides is 2. The lowest BCUT2D eigenvalue weighted by Gasteiger charge is -2.13. The molecule has 3 aromatic rings. The summed E-state index contributed by atoms with van der Waals surface area (Å²) in [6, 6.07) is 13.3. The van der Waals surface area contributed by atoms with E-state index in [1.807, 2.05) is 25.1 Å². The predicted octanol–water partition coefficient (Wildman–Crippen LogP) is 4.40. The number of nitrogens with one attached hydrogen (secondary N) is 2. The van der Waals surface area contributed by atoms with Crippen LogP contribution in [0.5, 0.6) is 0 Å². The first-order valence-corrected chi connectivity index (χ1v) is 8.77. The number of nitrogens with zero attached hydrogens (tertiary/aromatic N) is 1. The van der Waals surface area contributed by atoms with Crippen LogP contribution in [0, 0.1) is 13.8 Å². The van der Waals surface area contributed by atoms with E-state index in [2.05, 4.69) is 10.3 Å². The SMILES string of the molecule is Cc1ccc2nc(C)c(C(=O)Nc3ccccc3C(=O)NCC(F)(F)F)cc2c1. The molecule has 29 heavy (non-hydrogen) atoms. The molecule has 0 aliphatic carbocycles. The normalized spacial score (nSPS) is 11.3. The Labute approximate surface area is 164 Å². The van der Waals surface area contributed by atoms with E-state index in [1.165, 1.54) is 18.2 Å². The van der Waals surface area contributed by atoms with E-state index in [4.69, 9.17) is 0 Å². The van der Waals surface area contributed by atoms with Gasteiger partial charge < -0.3 is 10.6 Å². The van der Waals surface area contributed by atoms with Gasteiger partial charge >= 0.3 is 6.18 Å². The maximum absolute atomic E-state index is 12.8. The standard InChI is InChI=1S/C21H18F3N3O2/c1-12-7-8-17-14(9-12)10-16(13(2)26-17)20(29)27-18-6-4-3-5-15(18)19(28)25-11-21(22,23)24/h3-10H,11H2,1-2H3,(H,25,28)(H,27,29). The first-order chi connectivity index (χ1) is 13.6. The van der Waals surface area contributed by atoms with Crippen molar-refractivity contribution < 1.29 is 22.8 Å². The molecule has 2 aromatic carbocycles. The van der Waals surface area contributed by atoms with Gasteiger partial charge in [0.25, 0.3) is 11.8 Å². The molecule has 150 valence electrons. The molecule has 0 unspecified atom stereocenters. The van der Waals surface area contributed by atoms with Crippen LogP contribution in [0.25, 0.3) is 10.9 Å². The number of benzene rings is 2. The average molecular weight is 401 g/mol. The number of fused-ring (bicyclic) bond motifs is 1. The minimum Gasteiger partial charge on any atom is -0.343 e. The highest BCUT2D eigenvalue weighted by atomic mass is 19.4. The van der Waals surface area contributed by atoms with Crippen molar-refractivity contribution in [3.05, 3.63) is 70.9 Å². The van der Waals surface area contributed by atoms with E-state index in [1.54, 1.807) is 24.4 Å². The number of alkyl halides is 3. The lowest BCUT2D eigenvalue weighted by molar-refractivity contribution is -0.123. The van der Waals surface area contributed by atoms with Crippen molar-refractivity contribution in [2.24, 2.45) is 0 Å². The van der Waals surface area contributed by atoms with Crippen LogP contribution in [0.1, 0.15) is 32.0 Å². The van der Waals surface area contributed by atoms with Crippen LogP contribution in [-0.4, -0.2) is 29.5 Å². The second kappa shape index (κ2) is 7.90. The third-order valence-corrected chi connectivity index (χ3v) is 4.27. The molecule has 2 N–H and O–H groups in total. The van der Waals surface area contributed by atoms with Crippen molar-refractivity contribution in [3.8, 4) is 0 Å². The highest BCUT2D eigenvalue weighted by Crippen LogP contribution is 2.21. The number of carbonyl (C=O) groups is 2. The summed E-state index contributed by atoms with van der Waals surface area (Å²) in [5.74, 6) is -1.43. The summed E-state index contributed by atoms with van der Waals surface area (Å²) in [7, 11) is 0. The van der Waals surface area contributed by atoms with Gasteiger partial charge in [-0.05, 0) is 44.2 Å². The van der Waals surface area contributed by atoms with Crippen LogP contribution >= 0.6 is 0 Å². The van der Waals surface area contributed by atoms with E-state index in [0.717, 1.165) is 16.5 Å². The van der Waals surface area contributed by atoms with Gasteiger partial charge in [0, 0.05) is 5.39 Å². The number of para-hydroxylation sites is 1. The maximum atomic E-state index is 12.8. The molecule has 2 amide bonds. The van der Waals surface area contributed by atoms with Crippen molar-refractivity contribution >= 4 is 28.4 Å². The highest BCUT2D eigenvalue weighted by Gasteiger charge is 2.28. The Morgan fingerprint density at radius 3 is 2.41 bits per heavy atom. The van der Waals surface area contributed by atoms with Gasteiger partial charge in [-0.2, -0.15) is 13.2 Å². The number of halogens is 3. The number of hydrogen-bond acceptors (Lipinski definition) is 3. The monoisotopic (exact) mass is 401 g/mol. The molecular weight excluding hydrogens is 383 g/mol. The topological polar surface area (TPSA) is 71.1 Å². The zero-order valence-electron chi connectivity index (χ0n) is 15.7. The molecule has 0 radical (unpaired) electrons. The molecule has 0 saturated heterocycles. The van der Waals surface area contributed by atoms with E-state index in [-0.39, 0.29) is 11.3 Å². The second-order valence-corrected chi connectivity index (χ2v) is 6.62. The fraction of sp³-hybridized carbons (Fsp3) is 0.190.